The Balaban J connectivity index is 1.97. The topological polar surface area (TPSA) is 174 Å². The lowest BCUT2D eigenvalue weighted by Crippen LogP contribution is -2.13. The maximum atomic E-state index is 12.6. The van der Waals surface area contributed by atoms with E-state index in [-0.39, 0.29) is 16.8 Å². The van der Waals surface area contributed by atoms with Crippen LogP contribution >= 0.6 is 0 Å². The zero-order valence-electron chi connectivity index (χ0n) is 17.0. The summed E-state index contributed by atoms with van der Waals surface area (Å²) in [5, 5.41) is 37.3. The van der Waals surface area contributed by atoms with Gasteiger partial charge >= 0.3 is 17.3 Å². The summed E-state index contributed by atoms with van der Waals surface area (Å²) in [6.45, 7) is 0. The molecule has 0 heterocycles. The van der Waals surface area contributed by atoms with Crippen LogP contribution in [0.1, 0.15) is 20.7 Å². The van der Waals surface area contributed by atoms with Crippen LogP contribution in [0.25, 0.3) is 0 Å². The van der Waals surface area contributed by atoms with Crippen molar-refractivity contribution in [1.29, 1.82) is 0 Å². The van der Waals surface area contributed by atoms with E-state index in [1.807, 2.05) is 0 Å². The molecule has 0 saturated heterocycles. The molecule has 1 amide bonds. The van der Waals surface area contributed by atoms with Gasteiger partial charge < -0.3 is 20.5 Å². The molecule has 0 unspecified atom stereocenters. The minimum Gasteiger partial charge on any atom is -0.497 e. The van der Waals surface area contributed by atoms with E-state index in [4.69, 9.17) is 9.84 Å². The smallest absolute Gasteiger partial charge is 0.335 e. The Kier molecular flexibility index (Phi) is 6.48. The SMILES string of the molecule is COc1ccc(Nc2c([N+](=O)[O-])cc(C(=O)Nc3ccc(C(=O)O)cc3)cc2[N+](=O)[O-])cc1. The maximum absolute atomic E-state index is 12.6. The molecule has 12 heteroatoms. The first-order chi connectivity index (χ1) is 15.7. The van der Waals surface area contributed by atoms with Gasteiger partial charge in [-0.05, 0) is 48.5 Å². The van der Waals surface area contributed by atoms with E-state index >= 15 is 0 Å². The summed E-state index contributed by atoms with van der Waals surface area (Å²) in [5.74, 6) is -1.48. The Morgan fingerprint density at radius 2 is 1.36 bits per heavy atom. The molecular formula is C21H16N4O8. The summed E-state index contributed by atoms with van der Waals surface area (Å²) in [7, 11) is 1.46. The Labute approximate surface area is 185 Å². The molecule has 0 atom stereocenters. The molecule has 33 heavy (non-hydrogen) atoms. The molecule has 168 valence electrons. The number of ether oxygens (including phenoxy) is 1. The van der Waals surface area contributed by atoms with Crippen LogP contribution in [0, 0.1) is 20.2 Å². The number of nitrogens with one attached hydrogen (secondary N) is 2. The highest BCUT2D eigenvalue weighted by Crippen LogP contribution is 2.38. The Morgan fingerprint density at radius 3 is 1.82 bits per heavy atom. The normalized spacial score (nSPS) is 10.2. The maximum Gasteiger partial charge on any atom is 0.335 e. The first-order valence-corrected chi connectivity index (χ1v) is 9.22. The van der Waals surface area contributed by atoms with Crippen LogP contribution in [0.5, 0.6) is 5.75 Å². The van der Waals surface area contributed by atoms with Crippen molar-refractivity contribution in [3.63, 3.8) is 0 Å². The third-order valence-electron chi connectivity index (χ3n) is 4.50. The number of benzene rings is 3. The molecule has 12 nitrogen and oxygen atoms in total. The minimum atomic E-state index is -1.15. The zero-order chi connectivity index (χ0) is 24.1. The van der Waals surface area contributed by atoms with Crippen LogP contribution in [0.4, 0.5) is 28.4 Å². The van der Waals surface area contributed by atoms with Gasteiger partial charge in [-0.2, -0.15) is 0 Å². The van der Waals surface area contributed by atoms with E-state index in [0.717, 1.165) is 12.1 Å². The van der Waals surface area contributed by atoms with Crippen LogP contribution in [0.2, 0.25) is 0 Å². The fourth-order valence-corrected chi connectivity index (χ4v) is 2.88. The number of carboxylic acids is 1. The number of hydrogen-bond acceptors (Lipinski definition) is 8. The second-order valence-electron chi connectivity index (χ2n) is 6.59. The van der Waals surface area contributed by atoms with Gasteiger partial charge in [-0.25, -0.2) is 4.79 Å². The third-order valence-corrected chi connectivity index (χ3v) is 4.50. The second kappa shape index (κ2) is 9.43. The Hall–Kier alpha value is -5.00. The first kappa shape index (κ1) is 22.7. The standard InChI is InChI=1S/C21H16N4O8/c1-33-16-8-6-14(7-9-16)22-19-17(24(29)30)10-13(11-18(19)25(31)32)20(26)23-15-4-2-12(3-5-15)21(27)28/h2-11,22H,1H3,(H,23,26)(H,27,28). The Bertz CT molecular complexity index is 1210. The molecule has 3 rings (SSSR count). The number of nitro benzene ring substituents is 2. The molecule has 0 spiro atoms. The zero-order valence-corrected chi connectivity index (χ0v) is 17.0. The average Bonchev–Trinajstić information content (AvgIpc) is 2.79. The number of carbonyl (C=O) groups excluding carboxylic acids is 1. The summed E-state index contributed by atoms with van der Waals surface area (Å²) >= 11 is 0. The number of carbonyl (C=O) groups is 2. The number of amides is 1. The number of nitro groups is 2. The largest absolute Gasteiger partial charge is 0.497 e. The molecule has 0 aliphatic carbocycles. The van der Waals surface area contributed by atoms with Gasteiger partial charge in [-0.15, -0.1) is 0 Å². The number of aromatic carboxylic acids is 1. The number of anilines is 3. The highest BCUT2D eigenvalue weighted by Gasteiger charge is 2.29. The summed E-state index contributed by atoms with van der Waals surface area (Å²) < 4.78 is 5.03. The van der Waals surface area contributed by atoms with Gasteiger partial charge in [0.25, 0.3) is 5.91 Å². The fraction of sp³-hybridized carbons (Fsp3) is 0.0476. The molecule has 3 aromatic carbocycles. The van der Waals surface area contributed by atoms with Gasteiger partial charge in [-0.1, -0.05) is 0 Å². The first-order valence-electron chi connectivity index (χ1n) is 9.22. The number of nitrogens with zero attached hydrogens (tertiary/aromatic N) is 2. The van der Waals surface area contributed by atoms with E-state index in [1.54, 1.807) is 12.1 Å². The molecule has 0 bridgehead atoms. The lowest BCUT2D eigenvalue weighted by Gasteiger charge is -2.11. The van der Waals surface area contributed by atoms with Gasteiger partial charge in [0.15, 0.2) is 5.69 Å². The molecule has 0 fully saturated rings. The predicted molar refractivity (Wildman–Crippen MR) is 117 cm³/mol. The summed E-state index contributed by atoms with van der Waals surface area (Å²) in [6.07, 6.45) is 0. The average molecular weight is 452 g/mol. The Morgan fingerprint density at radius 1 is 0.848 bits per heavy atom. The number of methoxy groups -OCH3 is 1. The van der Waals surface area contributed by atoms with Gasteiger partial charge in [0, 0.05) is 23.5 Å². The van der Waals surface area contributed by atoms with Crippen molar-refractivity contribution in [1.82, 2.24) is 0 Å². The van der Waals surface area contributed by atoms with Crippen molar-refractivity contribution in [3.8, 4) is 5.75 Å². The lowest BCUT2D eigenvalue weighted by atomic mass is 10.1. The van der Waals surface area contributed by atoms with Crippen molar-refractivity contribution >= 4 is 40.3 Å². The quantitative estimate of drug-likeness (QED) is 0.334. The fourth-order valence-electron chi connectivity index (χ4n) is 2.88. The second-order valence-corrected chi connectivity index (χ2v) is 6.59. The minimum absolute atomic E-state index is 0.00626. The molecule has 3 aromatic rings. The summed E-state index contributed by atoms with van der Waals surface area (Å²) in [4.78, 5) is 45.2. The highest BCUT2D eigenvalue weighted by molar-refractivity contribution is 6.06. The van der Waals surface area contributed by atoms with E-state index < -0.39 is 38.8 Å². The van der Waals surface area contributed by atoms with Crippen molar-refractivity contribution in [2.75, 3.05) is 17.7 Å². The highest BCUT2D eigenvalue weighted by atomic mass is 16.6. The van der Waals surface area contributed by atoms with Crippen LogP contribution in [0.3, 0.4) is 0 Å². The summed E-state index contributed by atoms with van der Waals surface area (Å²) in [5.41, 5.74) is -1.53. The monoisotopic (exact) mass is 452 g/mol. The van der Waals surface area contributed by atoms with E-state index in [2.05, 4.69) is 10.6 Å². The lowest BCUT2D eigenvalue weighted by molar-refractivity contribution is -0.392. The molecule has 0 aliphatic rings. The van der Waals surface area contributed by atoms with Gasteiger partial charge in [-0.3, -0.25) is 25.0 Å². The van der Waals surface area contributed by atoms with Gasteiger partial charge in [0.1, 0.15) is 5.75 Å². The van der Waals surface area contributed by atoms with Crippen molar-refractivity contribution < 1.29 is 29.3 Å². The third kappa shape index (κ3) is 5.19. The molecular weight excluding hydrogens is 436 g/mol. The molecule has 0 radical (unpaired) electrons. The van der Waals surface area contributed by atoms with Crippen molar-refractivity contribution in [3.05, 3.63) is 92.0 Å². The van der Waals surface area contributed by atoms with Crippen LogP contribution in [-0.2, 0) is 0 Å². The van der Waals surface area contributed by atoms with Crippen LogP contribution in [-0.4, -0.2) is 33.9 Å². The predicted octanol–water partition coefficient (Wildman–Crippen LogP) is 4.21. The number of carboxylic acid groups (broad SMARTS) is 1. The van der Waals surface area contributed by atoms with Crippen LogP contribution < -0.4 is 15.4 Å². The number of hydrogen-bond donors (Lipinski definition) is 3. The molecule has 3 N–H and O–H groups in total. The molecule has 0 aromatic heterocycles. The molecule has 0 saturated carbocycles. The van der Waals surface area contributed by atoms with Crippen molar-refractivity contribution in [2.24, 2.45) is 0 Å². The van der Waals surface area contributed by atoms with Gasteiger partial charge in [0.2, 0.25) is 0 Å². The number of rotatable bonds is 8. The van der Waals surface area contributed by atoms with Crippen molar-refractivity contribution in [2.45, 2.75) is 0 Å². The van der Waals surface area contributed by atoms with E-state index in [0.29, 0.717) is 11.4 Å². The van der Waals surface area contributed by atoms with E-state index in [1.165, 1.54) is 43.5 Å². The van der Waals surface area contributed by atoms with Gasteiger partial charge in [0.05, 0.1) is 28.1 Å². The molecule has 0 aliphatic heterocycles. The van der Waals surface area contributed by atoms with Crippen LogP contribution in [0.15, 0.2) is 60.7 Å². The van der Waals surface area contributed by atoms with E-state index in [9.17, 15) is 29.8 Å². The summed E-state index contributed by atoms with van der Waals surface area (Å²) in [6, 6.07) is 13.2.